The lowest BCUT2D eigenvalue weighted by Crippen LogP contribution is -2.53. The Morgan fingerprint density at radius 2 is 2.03 bits per heavy atom. The number of pyridine rings is 1. The van der Waals surface area contributed by atoms with Gasteiger partial charge in [0.1, 0.15) is 12.7 Å². The maximum Gasteiger partial charge on any atom is 0.254 e. The second kappa shape index (κ2) is 8.53. The van der Waals surface area contributed by atoms with Gasteiger partial charge in [0.15, 0.2) is 0 Å². The molecule has 8 nitrogen and oxygen atoms in total. The molecule has 2 saturated heterocycles. The Hall–Kier alpha value is -3.55. The summed E-state index contributed by atoms with van der Waals surface area (Å²) >= 11 is 0. The second-order valence-corrected chi connectivity index (χ2v) is 8.65. The van der Waals surface area contributed by atoms with Crippen LogP contribution in [0.15, 0.2) is 61.3 Å². The molecule has 0 bridgehead atoms. The molecule has 2 atom stereocenters. The molecule has 4 heterocycles. The maximum absolute atomic E-state index is 13.7. The standard InChI is InChI=1S/C24H26N6O2/c31-22-10-3-5-11-24(28-22)15-29(14-20(24)21-9-4-6-12-26-21)23(32)19-8-2-1-7-18(19)13-30-17-25-16-27-30/h1-2,4,6-9,12,16-17,20H,3,5,10-11,13-15H2,(H,28,31)/t20-,24+/m0/s1. The van der Waals surface area contributed by atoms with Gasteiger partial charge in [-0.25, -0.2) is 9.67 Å². The number of hydrogen-bond donors (Lipinski definition) is 1. The zero-order valence-electron chi connectivity index (χ0n) is 17.9. The Labute approximate surface area is 186 Å². The molecule has 0 aliphatic carbocycles. The highest BCUT2D eigenvalue weighted by molar-refractivity contribution is 5.96. The number of hydrogen-bond acceptors (Lipinski definition) is 5. The first-order valence-corrected chi connectivity index (χ1v) is 11.1. The predicted octanol–water partition coefficient (Wildman–Crippen LogP) is 2.39. The van der Waals surface area contributed by atoms with E-state index in [2.05, 4.69) is 20.4 Å². The van der Waals surface area contributed by atoms with Crippen LogP contribution in [-0.4, -0.2) is 55.1 Å². The number of nitrogens with one attached hydrogen (secondary N) is 1. The molecule has 8 heteroatoms. The van der Waals surface area contributed by atoms with Crippen LogP contribution >= 0.6 is 0 Å². The fourth-order valence-electron chi connectivity index (χ4n) is 5.06. The van der Waals surface area contributed by atoms with E-state index in [4.69, 9.17) is 0 Å². The van der Waals surface area contributed by atoms with Gasteiger partial charge in [0.2, 0.25) is 5.91 Å². The smallest absolute Gasteiger partial charge is 0.254 e. The van der Waals surface area contributed by atoms with Gasteiger partial charge in [-0.05, 0) is 36.6 Å². The first-order chi connectivity index (χ1) is 15.6. The number of carbonyl (C=O) groups is 2. The van der Waals surface area contributed by atoms with Crippen molar-refractivity contribution in [3.63, 3.8) is 0 Å². The Kier molecular flexibility index (Phi) is 5.43. The van der Waals surface area contributed by atoms with Gasteiger partial charge in [0, 0.05) is 42.9 Å². The van der Waals surface area contributed by atoms with Gasteiger partial charge in [-0.15, -0.1) is 0 Å². The summed E-state index contributed by atoms with van der Waals surface area (Å²) in [5.74, 6) is -0.0153. The molecule has 2 aliphatic heterocycles. The van der Waals surface area contributed by atoms with E-state index in [9.17, 15) is 9.59 Å². The van der Waals surface area contributed by atoms with Crippen molar-refractivity contribution in [2.75, 3.05) is 13.1 Å². The third kappa shape index (κ3) is 3.88. The summed E-state index contributed by atoms with van der Waals surface area (Å²) in [5, 5.41) is 7.47. The zero-order chi connectivity index (χ0) is 22.0. The Balaban J connectivity index is 1.47. The average molecular weight is 431 g/mol. The Morgan fingerprint density at radius 1 is 1.16 bits per heavy atom. The van der Waals surface area contributed by atoms with Crippen LogP contribution in [0, 0.1) is 0 Å². The van der Waals surface area contributed by atoms with E-state index in [0.717, 1.165) is 30.5 Å². The minimum absolute atomic E-state index is 0.0305. The molecule has 1 spiro atoms. The predicted molar refractivity (Wildman–Crippen MR) is 118 cm³/mol. The Bertz CT molecular complexity index is 1100. The van der Waals surface area contributed by atoms with Crippen molar-refractivity contribution in [3.8, 4) is 0 Å². The molecule has 1 N–H and O–H groups in total. The molecular formula is C24H26N6O2. The average Bonchev–Trinajstić information content (AvgIpc) is 3.41. The summed E-state index contributed by atoms with van der Waals surface area (Å²) in [4.78, 5) is 36.7. The van der Waals surface area contributed by atoms with Crippen molar-refractivity contribution in [1.29, 1.82) is 0 Å². The number of aromatic nitrogens is 4. The van der Waals surface area contributed by atoms with Crippen molar-refractivity contribution < 1.29 is 9.59 Å². The lowest BCUT2D eigenvalue weighted by atomic mass is 9.81. The van der Waals surface area contributed by atoms with E-state index < -0.39 is 5.54 Å². The summed E-state index contributed by atoms with van der Waals surface area (Å²) in [6, 6.07) is 13.5. The lowest BCUT2D eigenvalue weighted by molar-refractivity contribution is -0.122. The minimum atomic E-state index is -0.488. The van der Waals surface area contributed by atoms with Crippen molar-refractivity contribution in [1.82, 2.24) is 30.0 Å². The van der Waals surface area contributed by atoms with Crippen LogP contribution in [0.1, 0.15) is 53.2 Å². The number of carbonyl (C=O) groups excluding carboxylic acids is 2. The van der Waals surface area contributed by atoms with Gasteiger partial charge in [0.25, 0.3) is 5.91 Å². The highest BCUT2D eigenvalue weighted by Crippen LogP contribution is 2.40. The van der Waals surface area contributed by atoms with E-state index >= 15 is 0 Å². The summed E-state index contributed by atoms with van der Waals surface area (Å²) in [7, 11) is 0. The topological polar surface area (TPSA) is 93.0 Å². The fraction of sp³-hybridized carbons (Fsp3) is 0.375. The number of rotatable bonds is 4. The molecule has 164 valence electrons. The molecule has 3 aromatic rings. The molecule has 2 fully saturated rings. The maximum atomic E-state index is 13.7. The second-order valence-electron chi connectivity index (χ2n) is 8.65. The van der Waals surface area contributed by atoms with Crippen LogP contribution in [0.25, 0.3) is 0 Å². The summed E-state index contributed by atoms with van der Waals surface area (Å²) in [6.45, 7) is 1.48. The number of nitrogens with zero attached hydrogens (tertiary/aromatic N) is 5. The third-order valence-electron chi connectivity index (χ3n) is 6.59. The largest absolute Gasteiger partial charge is 0.348 e. The molecule has 0 saturated carbocycles. The van der Waals surface area contributed by atoms with E-state index in [-0.39, 0.29) is 17.7 Å². The van der Waals surface area contributed by atoms with Crippen molar-refractivity contribution in [3.05, 3.63) is 78.1 Å². The number of amides is 2. The van der Waals surface area contributed by atoms with Crippen LogP contribution in [-0.2, 0) is 11.3 Å². The van der Waals surface area contributed by atoms with Crippen LogP contribution in [0.3, 0.4) is 0 Å². The van der Waals surface area contributed by atoms with Crippen molar-refractivity contribution in [2.45, 2.75) is 43.7 Å². The number of benzene rings is 1. The molecule has 2 aromatic heterocycles. The van der Waals surface area contributed by atoms with E-state index in [0.29, 0.717) is 31.6 Å². The highest BCUT2D eigenvalue weighted by Gasteiger charge is 2.50. The molecule has 0 unspecified atom stereocenters. The van der Waals surface area contributed by atoms with Crippen molar-refractivity contribution >= 4 is 11.8 Å². The summed E-state index contributed by atoms with van der Waals surface area (Å²) < 4.78 is 1.71. The van der Waals surface area contributed by atoms with Crippen LogP contribution < -0.4 is 5.32 Å². The minimum Gasteiger partial charge on any atom is -0.348 e. The highest BCUT2D eigenvalue weighted by atomic mass is 16.2. The van der Waals surface area contributed by atoms with Crippen LogP contribution in [0.4, 0.5) is 0 Å². The molecule has 2 aliphatic rings. The van der Waals surface area contributed by atoms with Gasteiger partial charge in [0.05, 0.1) is 12.1 Å². The molecule has 5 rings (SSSR count). The van der Waals surface area contributed by atoms with Gasteiger partial charge in [-0.1, -0.05) is 30.7 Å². The first kappa shape index (κ1) is 20.4. The molecule has 0 radical (unpaired) electrons. The lowest BCUT2D eigenvalue weighted by Gasteiger charge is -2.34. The van der Waals surface area contributed by atoms with Crippen molar-refractivity contribution in [2.24, 2.45) is 0 Å². The fourth-order valence-corrected chi connectivity index (χ4v) is 5.06. The summed E-state index contributed by atoms with van der Waals surface area (Å²) in [6.07, 6.45) is 8.10. The third-order valence-corrected chi connectivity index (χ3v) is 6.59. The van der Waals surface area contributed by atoms with Gasteiger partial charge in [-0.2, -0.15) is 5.10 Å². The zero-order valence-corrected chi connectivity index (χ0v) is 17.9. The van der Waals surface area contributed by atoms with Gasteiger partial charge >= 0.3 is 0 Å². The van der Waals surface area contributed by atoms with E-state index in [1.165, 1.54) is 6.33 Å². The normalized spacial score (nSPS) is 23.2. The molecule has 2 amide bonds. The van der Waals surface area contributed by atoms with E-state index in [1.807, 2.05) is 47.4 Å². The van der Waals surface area contributed by atoms with Gasteiger partial charge in [-0.3, -0.25) is 14.6 Å². The molecule has 32 heavy (non-hydrogen) atoms. The molecular weight excluding hydrogens is 404 g/mol. The monoisotopic (exact) mass is 430 g/mol. The molecule has 1 aromatic carbocycles. The Morgan fingerprint density at radius 3 is 2.84 bits per heavy atom. The van der Waals surface area contributed by atoms with Gasteiger partial charge < -0.3 is 10.2 Å². The summed E-state index contributed by atoms with van der Waals surface area (Å²) in [5.41, 5.74) is 1.97. The van der Waals surface area contributed by atoms with E-state index in [1.54, 1.807) is 17.2 Å². The van der Waals surface area contributed by atoms with Crippen LogP contribution in [0.5, 0.6) is 0 Å². The van der Waals surface area contributed by atoms with Crippen LogP contribution in [0.2, 0.25) is 0 Å². The quantitative estimate of drug-likeness (QED) is 0.686. The first-order valence-electron chi connectivity index (χ1n) is 11.1. The number of likely N-dealkylation sites (tertiary alicyclic amines) is 1. The SMILES string of the molecule is O=C1CCCC[C@]2(CN(C(=O)c3ccccc3Cn3cncn3)C[C@H]2c2ccccn2)N1.